The minimum Gasteiger partial charge on any atom is -0.369 e. The Kier molecular flexibility index (Phi) is 5.67. The molecular formula is C21H26N2O3S. The molecule has 1 fully saturated rings. The first kappa shape index (κ1) is 19.6. The van der Waals surface area contributed by atoms with Gasteiger partial charge in [0, 0.05) is 37.4 Å². The summed E-state index contributed by atoms with van der Waals surface area (Å²) in [5.74, 6) is 0.417. The van der Waals surface area contributed by atoms with Crippen molar-refractivity contribution in [3.63, 3.8) is 0 Å². The zero-order chi connectivity index (χ0) is 19.6. The van der Waals surface area contributed by atoms with Crippen LogP contribution in [0.25, 0.3) is 0 Å². The summed E-state index contributed by atoms with van der Waals surface area (Å²) in [7, 11) is -3.47. The minimum atomic E-state index is -3.47. The van der Waals surface area contributed by atoms with E-state index in [1.165, 1.54) is 0 Å². The molecule has 0 spiro atoms. The lowest BCUT2D eigenvalue weighted by Gasteiger charge is -2.35. The lowest BCUT2D eigenvalue weighted by atomic mass is 10.0. The third-order valence-corrected chi connectivity index (χ3v) is 6.98. The Morgan fingerprint density at radius 3 is 1.93 bits per heavy atom. The number of hydrogen-bond donors (Lipinski definition) is 0. The summed E-state index contributed by atoms with van der Waals surface area (Å²) >= 11 is 0. The fourth-order valence-corrected chi connectivity index (χ4v) is 4.69. The van der Waals surface area contributed by atoms with Crippen LogP contribution in [-0.4, -0.2) is 44.7 Å². The second-order valence-electron chi connectivity index (χ2n) is 7.22. The molecule has 0 radical (unpaired) electrons. The van der Waals surface area contributed by atoms with Gasteiger partial charge in [0.2, 0.25) is 10.0 Å². The Labute approximate surface area is 161 Å². The Bertz CT molecular complexity index is 895. The van der Waals surface area contributed by atoms with Crippen molar-refractivity contribution in [2.45, 2.75) is 31.6 Å². The molecule has 2 aromatic carbocycles. The highest BCUT2D eigenvalue weighted by Gasteiger charge is 2.28. The van der Waals surface area contributed by atoms with Crippen molar-refractivity contribution in [2.75, 3.05) is 31.1 Å². The molecule has 27 heavy (non-hydrogen) atoms. The summed E-state index contributed by atoms with van der Waals surface area (Å²) in [5.41, 5.74) is 2.83. The van der Waals surface area contributed by atoms with Crippen molar-refractivity contribution in [1.82, 2.24) is 4.31 Å². The second-order valence-corrected chi connectivity index (χ2v) is 9.16. The maximum absolute atomic E-state index is 12.9. The topological polar surface area (TPSA) is 57.7 Å². The quantitative estimate of drug-likeness (QED) is 0.738. The van der Waals surface area contributed by atoms with Crippen LogP contribution in [0.1, 0.15) is 42.6 Å². The Morgan fingerprint density at radius 2 is 1.44 bits per heavy atom. The first-order valence-corrected chi connectivity index (χ1v) is 10.7. The largest absolute Gasteiger partial charge is 0.369 e. The van der Waals surface area contributed by atoms with Gasteiger partial charge in [-0.1, -0.05) is 26.0 Å². The van der Waals surface area contributed by atoms with Crippen LogP contribution in [0, 0.1) is 0 Å². The highest BCUT2D eigenvalue weighted by molar-refractivity contribution is 7.89. The van der Waals surface area contributed by atoms with Crippen molar-refractivity contribution in [3.05, 3.63) is 59.7 Å². The molecule has 0 atom stereocenters. The van der Waals surface area contributed by atoms with Gasteiger partial charge in [0.25, 0.3) is 0 Å². The Balaban J connectivity index is 1.68. The number of hydrogen-bond acceptors (Lipinski definition) is 4. The van der Waals surface area contributed by atoms with E-state index in [-0.39, 0.29) is 5.78 Å². The van der Waals surface area contributed by atoms with Crippen LogP contribution in [0.3, 0.4) is 0 Å². The van der Waals surface area contributed by atoms with E-state index in [0.717, 1.165) is 11.3 Å². The number of ketones is 1. The van der Waals surface area contributed by atoms with E-state index >= 15 is 0 Å². The molecule has 2 aromatic rings. The van der Waals surface area contributed by atoms with E-state index in [9.17, 15) is 13.2 Å². The molecule has 1 aliphatic rings. The predicted octanol–water partition coefficient (Wildman–Crippen LogP) is 3.52. The molecule has 0 aliphatic carbocycles. The van der Waals surface area contributed by atoms with E-state index < -0.39 is 10.0 Å². The average molecular weight is 387 g/mol. The molecule has 0 bridgehead atoms. The number of nitrogens with zero attached hydrogens (tertiary/aromatic N) is 2. The van der Waals surface area contributed by atoms with Gasteiger partial charge in [-0.3, -0.25) is 4.79 Å². The van der Waals surface area contributed by atoms with Crippen LogP contribution in [0.4, 0.5) is 5.69 Å². The summed E-state index contributed by atoms with van der Waals surface area (Å²) in [4.78, 5) is 13.9. The molecule has 1 aliphatic heterocycles. The van der Waals surface area contributed by atoms with Crippen LogP contribution in [0.2, 0.25) is 0 Å². The van der Waals surface area contributed by atoms with Crippen molar-refractivity contribution in [2.24, 2.45) is 0 Å². The molecule has 0 N–H and O–H groups in total. The van der Waals surface area contributed by atoms with Gasteiger partial charge in [-0.2, -0.15) is 4.31 Å². The molecule has 0 amide bonds. The second kappa shape index (κ2) is 7.82. The minimum absolute atomic E-state index is 0.0425. The van der Waals surface area contributed by atoms with E-state index in [4.69, 9.17) is 0 Å². The number of rotatable bonds is 5. The van der Waals surface area contributed by atoms with Gasteiger partial charge < -0.3 is 4.90 Å². The summed E-state index contributed by atoms with van der Waals surface area (Å²) in [6.45, 7) is 7.88. The number of sulfonamides is 1. The zero-order valence-electron chi connectivity index (χ0n) is 16.1. The van der Waals surface area contributed by atoms with Gasteiger partial charge in [0.05, 0.1) is 4.90 Å². The summed E-state index contributed by atoms with van der Waals surface area (Å²) in [5, 5.41) is 0. The Morgan fingerprint density at radius 1 is 0.889 bits per heavy atom. The molecule has 1 heterocycles. The van der Waals surface area contributed by atoms with E-state index in [1.807, 2.05) is 36.4 Å². The number of carbonyl (C=O) groups excluding carboxylic acids is 1. The molecule has 0 saturated carbocycles. The molecule has 1 saturated heterocycles. The lowest BCUT2D eigenvalue weighted by molar-refractivity contribution is 0.101. The third-order valence-electron chi connectivity index (χ3n) is 5.06. The van der Waals surface area contributed by atoms with Gasteiger partial charge in [-0.05, 0) is 54.8 Å². The van der Waals surface area contributed by atoms with Crippen LogP contribution >= 0.6 is 0 Å². The first-order valence-electron chi connectivity index (χ1n) is 9.25. The standard InChI is InChI=1S/C21H26N2O3S/c1-16(2)18-6-10-21(11-7-18)27(25,26)23-14-12-22(13-15-23)20-8-4-19(5-9-20)17(3)24/h4-11,16H,12-15H2,1-3H3. The predicted molar refractivity (Wildman–Crippen MR) is 108 cm³/mol. The number of piperazine rings is 1. The maximum atomic E-state index is 12.9. The zero-order valence-corrected chi connectivity index (χ0v) is 16.9. The first-order chi connectivity index (χ1) is 12.8. The van der Waals surface area contributed by atoms with E-state index in [0.29, 0.717) is 42.6 Å². The van der Waals surface area contributed by atoms with Gasteiger partial charge in [0.1, 0.15) is 0 Å². The maximum Gasteiger partial charge on any atom is 0.243 e. The van der Waals surface area contributed by atoms with Gasteiger partial charge in [-0.15, -0.1) is 0 Å². The molecular weight excluding hydrogens is 360 g/mol. The van der Waals surface area contributed by atoms with Crippen LogP contribution in [-0.2, 0) is 10.0 Å². The smallest absolute Gasteiger partial charge is 0.243 e. The SMILES string of the molecule is CC(=O)c1ccc(N2CCN(S(=O)(=O)c3ccc(C(C)C)cc3)CC2)cc1. The third kappa shape index (κ3) is 4.22. The summed E-state index contributed by atoms with van der Waals surface area (Å²) in [6.07, 6.45) is 0. The van der Waals surface area contributed by atoms with Crippen LogP contribution in [0.15, 0.2) is 53.4 Å². The van der Waals surface area contributed by atoms with Crippen molar-refractivity contribution in [1.29, 1.82) is 0 Å². The fourth-order valence-electron chi connectivity index (χ4n) is 3.27. The van der Waals surface area contributed by atoms with Crippen LogP contribution < -0.4 is 4.90 Å². The highest BCUT2D eigenvalue weighted by Crippen LogP contribution is 2.23. The molecule has 5 nitrogen and oxygen atoms in total. The normalized spacial score (nSPS) is 15.9. The number of benzene rings is 2. The monoisotopic (exact) mass is 386 g/mol. The summed E-state index contributed by atoms with van der Waals surface area (Å²) < 4.78 is 27.4. The van der Waals surface area contributed by atoms with Crippen molar-refractivity contribution >= 4 is 21.5 Å². The fraction of sp³-hybridized carbons (Fsp3) is 0.381. The van der Waals surface area contributed by atoms with Gasteiger partial charge >= 0.3 is 0 Å². The average Bonchev–Trinajstić information content (AvgIpc) is 2.68. The molecule has 0 unspecified atom stereocenters. The molecule has 6 heteroatoms. The van der Waals surface area contributed by atoms with Crippen LogP contribution in [0.5, 0.6) is 0 Å². The lowest BCUT2D eigenvalue weighted by Crippen LogP contribution is -2.48. The molecule has 3 rings (SSSR count). The molecule has 0 aromatic heterocycles. The van der Waals surface area contributed by atoms with Crippen molar-refractivity contribution < 1.29 is 13.2 Å². The number of carbonyl (C=O) groups is 1. The van der Waals surface area contributed by atoms with Crippen molar-refractivity contribution in [3.8, 4) is 0 Å². The molecule has 144 valence electrons. The Hall–Kier alpha value is -2.18. The van der Waals surface area contributed by atoms with Gasteiger partial charge in [0.15, 0.2) is 5.78 Å². The van der Waals surface area contributed by atoms with E-state index in [2.05, 4.69) is 18.7 Å². The highest BCUT2D eigenvalue weighted by atomic mass is 32.2. The van der Waals surface area contributed by atoms with Gasteiger partial charge in [-0.25, -0.2) is 8.42 Å². The summed E-state index contributed by atoms with van der Waals surface area (Å²) in [6, 6.07) is 14.7. The number of anilines is 1. The number of Topliss-reactive ketones (excluding diaryl/α,β-unsaturated/α-hetero) is 1. The van der Waals surface area contributed by atoms with E-state index in [1.54, 1.807) is 23.4 Å².